The molecule has 2 aliphatic rings. The molecule has 6 nitrogen and oxygen atoms in total. The molecule has 6 heterocycles. The molecule has 0 atom stereocenters. The summed E-state index contributed by atoms with van der Waals surface area (Å²) in [4.78, 5) is 4.97. The fraction of sp³-hybridized carbons (Fsp3) is 0. The van der Waals surface area contributed by atoms with Crippen molar-refractivity contribution in [1.82, 2.24) is 28.0 Å². The summed E-state index contributed by atoms with van der Waals surface area (Å²) in [6, 6.07) is 45.4. The van der Waals surface area contributed by atoms with Crippen LogP contribution in [0.15, 0.2) is 134 Å². The first-order valence-electron chi connectivity index (χ1n) is 16.4. The number of nitrogens with zero attached hydrogens (tertiary/aromatic N) is 6. The lowest BCUT2D eigenvalue weighted by Gasteiger charge is -2.14. The van der Waals surface area contributed by atoms with Crippen LogP contribution in [0.5, 0.6) is 0 Å². The second-order valence-electron chi connectivity index (χ2n) is 12.6. The van der Waals surface area contributed by atoms with Gasteiger partial charge in [-0.2, -0.15) is 0 Å². The van der Waals surface area contributed by atoms with Crippen LogP contribution in [0.3, 0.4) is 0 Å². The van der Waals surface area contributed by atoms with Gasteiger partial charge in [-0.15, -0.1) is 0 Å². The van der Waals surface area contributed by atoms with Gasteiger partial charge in [0.15, 0.2) is 0 Å². The van der Waals surface area contributed by atoms with Crippen molar-refractivity contribution in [2.24, 2.45) is 0 Å². The van der Waals surface area contributed by atoms with Gasteiger partial charge in [0, 0.05) is 39.3 Å². The zero-order valence-corrected chi connectivity index (χ0v) is 26.2. The topological polar surface area (TPSA) is 55.9 Å². The van der Waals surface area contributed by atoms with Gasteiger partial charge in [-0.1, -0.05) is 63.9 Å². The second-order valence-corrected chi connectivity index (χ2v) is 12.6. The molecular formula is C43H26N6+2. The summed E-state index contributed by atoms with van der Waals surface area (Å²) >= 11 is 0. The van der Waals surface area contributed by atoms with Gasteiger partial charge in [0.2, 0.25) is 0 Å². The molecule has 0 bridgehead atoms. The third-order valence-electron chi connectivity index (χ3n) is 10.0. The van der Waals surface area contributed by atoms with Crippen molar-refractivity contribution in [2.75, 3.05) is 0 Å². The molecule has 0 unspecified atom stereocenters. The lowest BCUT2D eigenvalue weighted by Crippen LogP contribution is -2.27. The van der Waals surface area contributed by atoms with Gasteiger partial charge in [0.1, 0.15) is 16.7 Å². The summed E-state index contributed by atoms with van der Waals surface area (Å²) < 4.78 is 16.2. The average molecular weight is 627 g/mol. The van der Waals surface area contributed by atoms with Crippen molar-refractivity contribution in [3.8, 4) is 28.2 Å². The maximum absolute atomic E-state index is 4.97. The van der Waals surface area contributed by atoms with Crippen LogP contribution in [0.25, 0.3) is 78.0 Å². The van der Waals surface area contributed by atoms with E-state index in [1.165, 1.54) is 5.39 Å². The Morgan fingerprint density at radius 2 is 1.35 bits per heavy atom. The second kappa shape index (κ2) is 9.77. The highest BCUT2D eigenvalue weighted by atomic mass is 15.1. The van der Waals surface area contributed by atoms with Crippen molar-refractivity contribution in [2.45, 2.75) is 0 Å². The molecule has 0 spiro atoms. The maximum atomic E-state index is 4.97. The van der Waals surface area contributed by atoms with Crippen LogP contribution in [-0.2, 0) is 0 Å². The molecule has 6 heteroatoms. The molecule has 0 aliphatic carbocycles. The van der Waals surface area contributed by atoms with Gasteiger partial charge in [-0.25, -0.2) is 4.98 Å². The van der Waals surface area contributed by atoms with E-state index in [0.717, 1.165) is 88.5 Å². The van der Waals surface area contributed by atoms with Crippen LogP contribution < -0.4 is 20.0 Å². The van der Waals surface area contributed by atoms with Crippen LogP contribution in [0.1, 0.15) is 11.3 Å². The Balaban J connectivity index is 1.13. The van der Waals surface area contributed by atoms with E-state index in [0.29, 0.717) is 0 Å². The fourth-order valence-corrected chi connectivity index (χ4v) is 7.93. The molecule has 5 aromatic carbocycles. The maximum Gasteiger partial charge on any atom is 0.360 e. The number of benzene rings is 5. The van der Waals surface area contributed by atoms with E-state index in [4.69, 9.17) is 9.65 Å². The molecule has 2 aliphatic heterocycles. The van der Waals surface area contributed by atoms with E-state index in [-0.39, 0.29) is 0 Å². The molecule has 0 saturated heterocycles. The zero-order valence-electron chi connectivity index (χ0n) is 26.2. The minimum Gasteiger partial charge on any atom is -0.303 e. The van der Waals surface area contributed by atoms with Crippen molar-refractivity contribution >= 4 is 68.5 Å². The fourth-order valence-electron chi connectivity index (χ4n) is 7.93. The lowest BCUT2D eigenvalue weighted by atomic mass is 10.0. The van der Waals surface area contributed by atoms with E-state index >= 15 is 0 Å². The number of hydrogen-bond donors (Lipinski definition) is 0. The highest BCUT2D eigenvalue weighted by Gasteiger charge is 2.26. The van der Waals surface area contributed by atoms with Crippen LogP contribution in [0.2, 0.25) is 0 Å². The van der Waals surface area contributed by atoms with E-state index in [1.54, 1.807) is 0 Å². The van der Waals surface area contributed by atoms with Crippen molar-refractivity contribution in [3.05, 3.63) is 156 Å². The largest absolute Gasteiger partial charge is 0.360 e. The Hall–Kier alpha value is -6.97. The van der Waals surface area contributed by atoms with Gasteiger partial charge in [-0.3, -0.25) is 4.57 Å². The summed E-state index contributed by atoms with van der Waals surface area (Å²) in [6.45, 7) is 0. The predicted octanol–water partition coefficient (Wildman–Crippen LogP) is 6.20. The zero-order chi connectivity index (χ0) is 32.1. The quantitative estimate of drug-likeness (QED) is 0.215. The first-order chi connectivity index (χ1) is 24.3. The number of para-hydroxylation sites is 3. The highest BCUT2D eigenvalue weighted by molar-refractivity contribution is 6.13. The molecule has 4 aromatic heterocycles. The first-order valence-corrected chi connectivity index (χ1v) is 16.4. The number of pyridine rings is 1. The molecule has 0 saturated carbocycles. The average Bonchev–Trinajstić information content (AvgIpc) is 3.98. The highest BCUT2D eigenvalue weighted by Crippen LogP contribution is 2.38. The molecular weight excluding hydrogens is 601 g/mol. The first kappa shape index (κ1) is 26.1. The Morgan fingerprint density at radius 3 is 2.31 bits per heavy atom. The van der Waals surface area contributed by atoms with E-state index in [2.05, 4.69) is 146 Å². The summed E-state index contributed by atoms with van der Waals surface area (Å²) in [5, 5.41) is 6.74. The Labute approximate surface area is 279 Å². The molecule has 11 rings (SSSR count). The summed E-state index contributed by atoms with van der Waals surface area (Å²) in [7, 11) is 0. The third kappa shape index (κ3) is 3.59. The molecule has 9 aromatic rings. The molecule has 226 valence electrons. The Kier molecular flexibility index (Phi) is 5.21. The number of hydrogen-bond acceptors (Lipinski definition) is 1. The Bertz CT molecular complexity index is 3120. The SMILES string of the molecule is C1=[N+]=Cc2c1c1cc(-c3ccccc3-n3c4ccc(-n5c6c(c7ccccc75)=[N+]=CC=6)cc4c4cccnc43)ccc1n2-c1ccccc1. The Morgan fingerprint density at radius 1 is 0.551 bits per heavy atom. The van der Waals surface area contributed by atoms with Crippen LogP contribution in [0.4, 0.5) is 0 Å². The molecule has 0 amide bonds. The van der Waals surface area contributed by atoms with Crippen molar-refractivity contribution < 1.29 is 0 Å². The number of fused-ring (bicyclic) bond motifs is 9. The van der Waals surface area contributed by atoms with Gasteiger partial charge < -0.3 is 9.13 Å². The lowest BCUT2D eigenvalue weighted by molar-refractivity contribution is 1.07. The smallest absolute Gasteiger partial charge is 0.303 e. The summed E-state index contributed by atoms with van der Waals surface area (Å²) in [6.07, 6.45) is 9.83. The molecule has 49 heavy (non-hydrogen) atoms. The van der Waals surface area contributed by atoms with Gasteiger partial charge >= 0.3 is 17.8 Å². The summed E-state index contributed by atoms with van der Waals surface area (Å²) in [5.74, 6) is 0. The molecule has 0 fully saturated rings. The van der Waals surface area contributed by atoms with E-state index < -0.39 is 0 Å². The minimum absolute atomic E-state index is 0.929. The molecule has 0 radical (unpaired) electrons. The van der Waals surface area contributed by atoms with Gasteiger partial charge in [-0.05, 0) is 78.4 Å². The predicted molar refractivity (Wildman–Crippen MR) is 201 cm³/mol. The van der Waals surface area contributed by atoms with Crippen LogP contribution in [-0.4, -0.2) is 37.3 Å². The van der Waals surface area contributed by atoms with Gasteiger partial charge in [0.05, 0.1) is 39.3 Å². The molecule has 0 N–H and O–H groups in total. The van der Waals surface area contributed by atoms with Crippen LogP contribution in [0, 0.1) is 0 Å². The monoisotopic (exact) mass is 626 g/mol. The minimum atomic E-state index is 0.929. The van der Waals surface area contributed by atoms with Crippen molar-refractivity contribution in [1.29, 1.82) is 0 Å². The van der Waals surface area contributed by atoms with Crippen molar-refractivity contribution in [3.63, 3.8) is 0 Å². The van der Waals surface area contributed by atoms with Gasteiger partial charge in [0.25, 0.3) is 6.21 Å². The third-order valence-corrected chi connectivity index (χ3v) is 10.0. The van der Waals surface area contributed by atoms with E-state index in [9.17, 15) is 0 Å². The normalized spacial score (nSPS) is 12.7. The van der Waals surface area contributed by atoms with Crippen LogP contribution >= 0.6 is 0 Å². The van der Waals surface area contributed by atoms with E-state index in [1.807, 2.05) is 30.9 Å². The number of rotatable bonds is 4. The standard InChI is InChI=1S/C43H26N6/c1-2-9-28(10-3-1)47-38-18-16-27(23-33(38)35-25-44-26-41(35)47)30-11-4-6-14-36(30)49-39-19-17-29(24-34(39)31-13-8-21-46-43(31)49)48-37-15-7-5-12-32(37)42-40(48)20-22-45-42/h1-26H/q+2. The number of aromatic nitrogens is 4. The summed E-state index contributed by atoms with van der Waals surface area (Å²) in [5.41, 5.74) is 12.2.